The molecule has 3 heterocycles. The molecular weight excluding hydrogens is 326 g/mol. The fraction of sp³-hybridized carbons (Fsp3) is 0.333. The lowest BCUT2D eigenvalue weighted by atomic mass is 9.83. The largest absolute Gasteiger partial charge is 0.324 e. The zero-order chi connectivity index (χ0) is 16.7. The highest BCUT2D eigenvalue weighted by molar-refractivity contribution is 6.33. The van der Waals surface area contributed by atoms with Crippen LogP contribution in [-0.2, 0) is 6.54 Å². The molecule has 1 saturated heterocycles. The van der Waals surface area contributed by atoms with Crippen molar-refractivity contribution >= 4 is 23.3 Å². The summed E-state index contributed by atoms with van der Waals surface area (Å²) in [5.41, 5.74) is 1.71. The van der Waals surface area contributed by atoms with Gasteiger partial charge < -0.3 is 14.8 Å². The number of carbonyl (C=O) groups excluding carboxylic acids is 1. The third kappa shape index (κ3) is 2.69. The molecule has 2 aromatic rings. The second kappa shape index (κ2) is 5.98. The molecule has 0 radical (unpaired) electrons. The summed E-state index contributed by atoms with van der Waals surface area (Å²) in [6.45, 7) is 1.96. The van der Waals surface area contributed by atoms with E-state index >= 15 is 0 Å². The quantitative estimate of drug-likeness (QED) is 0.864. The lowest BCUT2D eigenvalue weighted by molar-refractivity contribution is 0.139. The summed E-state index contributed by atoms with van der Waals surface area (Å²) in [4.78, 5) is 26.5. The summed E-state index contributed by atoms with van der Waals surface area (Å²) in [6, 6.07) is 12.5. The average molecular weight is 344 g/mol. The second-order valence-electron chi connectivity index (χ2n) is 6.51. The van der Waals surface area contributed by atoms with Gasteiger partial charge in [-0.25, -0.2) is 4.79 Å². The van der Waals surface area contributed by atoms with Gasteiger partial charge >= 0.3 is 6.03 Å². The monoisotopic (exact) mass is 343 g/mol. The Morgan fingerprint density at radius 2 is 1.92 bits per heavy atom. The van der Waals surface area contributed by atoms with Crippen LogP contribution in [0.2, 0.25) is 5.02 Å². The molecule has 2 aliphatic rings. The molecule has 6 heteroatoms. The van der Waals surface area contributed by atoms with Crippen LogP contribution in [0, 0.1) is 5.92 Å². The number of halogens is 1. The van der Waals surface area contributed by atoms with Crippen molar-refractivity contribution < 1.29 is 4.79 Å². The number of urea groups is 1. The highest BCUT2D eigenvalue weighted by Crippen LogP contribution is 2.35. The van der Waals surface area contributed by atoms with E-state index in [0.717, 1.165) is 12.1 Å². The molecule has 124 valence electrons. The summed E-state index contributed by atoms with van der Waals surface area (Å²) in [5.74, 6) is 0.525. The predicted octanol–water partition coefficient (Wildman–Crippen LogP) is 3.15. The lowest BCUT2D eigenvalue weighted by Crippen LogP contribution is -2.50. The Morgan fingerprint density at radius 1 is 1.08 bits per heavy atom. The number of likely N-dealkylation sites (tertiary alicyclic amines) is 1. The Balaban J connectivity index is 1.55. The first-order valence-electron chi connectivity index (χ1n) is 8.12. The molecule has 5 nitrogen and oxygen atoms in total. The van der Waals surface area contributed by atoms with Crippen LogP contribution in [0.15, 0.2) is 47.3 Å². The highest BCUT2D eigenvalue weighted by atomic mass is 35.5. The van der Waals surface area contributed by atoms with Crippen LogP contribution >= 0.6 is 11.6 Å². The molecule has 2 bridgehead atoms. The number of nitrogens with one attached hydrogen (secondary N) is 1. The number of nitrogens with zero attached hydrogens (tertiary/aromatic N) is 2. The molecule has 1 N–H and O–H groups in total. The first kappa shape index (κ1) is 15.3. The molecule has 1 fully saturated rings. The number of aromatic nitrogens is 1. The Bertz CT molecular complexity index is 848. The first-order chi connectivity index (χ1) is 11.6. The van der Waals surface area contributed by atoms with Gasteiger partial charge in [-0.3, -0.25) is 4.79 Å². The van der Waals surface area contributed by atoms with E-state index in [0.29, 0.717) is 36.3 Å². The van der Waals surface area contributed by atoms with E-state index < -0.39 is 0 Å². The third-order valence-electron chi connectivity index (χ3n) is 4.88. The Morgan fingerprint density at radius 3 is 2.75 bits per heavy atom. The van der Waals surface area contributed by atoms with Gasteiger partial charge in [-0.2, -0.15) is 0 Å². The molecule has 24 heavy (non-hydrogen) atoms. The molecule has 0 unspecified atom stereocenters. The van der Waals surface area contributed by atoms with Gasteiger partial charge in [0.15, 0.2) is 0 Å². The number of rotatable bonds is 1. The van der Waals surface area contributed by atoms with Gasteiger partial charge in [-0.1, -0.05) is 29.8 Å². The fourth-order valence-corrected chi connectivity index (χ4v) is 4.00. The first-order valence-corrected chi connectivity index (χ1v) is 8.50. The number of piperidine rings is 1. The molecule has 2 amide bonds. The smallest absolute Gasteiger partial charge is 0.321 e. The molecule has 1 aromatic heterocycles. The van der Waals surface area contributed by atoms with E-state index in [1.54, 1.807) is 24.3 Å². The van der Waals surface area contributed by atoms with Crippen LogP contribution in [0.3, 0.4) is 0 Å². The van der Waals surface area contributed by atoms with Gasteiger partial charge in [0.2, 0.25) is 0 Å². The fourth-order valence-electron chi connectivity index (χ4n) is 3.82. The molecule has 4 rings (SSSR count). The number of amides is 2. The number of hydrogen-bond acceptors (Lipinski definition) is 2. The highest BCUT2D eigenvalue weighted by Gasteiger charge is 2.36. The van der Waals surface area contributed by atoms with Crippen LogP contribution in [0.4, 0.5) is 10.5 Å². The van der Waals surface area contributed by atoms with Crippen molar-refractivity contribution in [2.45, 2.75) is 18.9 Å². The van der Waals surface area contributed by atoms with Crippen LogP contribution in [0.25, 0.3) is 0 Å². The van der Waals surface area contributed by atoms with Gasteiger partial charge in [0, 0.05) is 37.3 Å². The van der Waals surface area contributed by atoms with Gasteiger partial charge in [0.1, 0.15) is 0 Å². The molecule has 2 aliphatic heterocycles. The standard InChI is InChI=1S/C18H18ClN3O2/c19-14-4-1-2-5-15(14)20-18(24)21-9-12-8-13(11-21)16-6-3-7-17(23)22(16)10-12/h1-7,12-13H,8-11H2,(H,20,24)/t12-,13+/m0/s1. The number of para-hydroxylation sites is 1. The Hall–Kier alpha value is -2.27. The number of pyridine rings is 1. The predicted molar refractivity (Wildman–Crippen MR) is 93.6 cm³/mol. The minimum absolute atomic E-state index is 0.0520. The summed E-state index contributed by atoms with van der Waals surface area (Å²) in [5, 5.41) is 3.42. The van der Waals surface area contributed by atoms with Crippen molar-refractivity contribution in [3.05, 3.63) is 63.5 Å². The zero-order valence-electron chi connectivity index (χ0n) is 13.1. The van der Waals surface area contributed by atoms with Gasteiger partial charge in [0.05, 0.1) is 10.7 Å². The molecule has 0 saturated carbocycles. The van der Waals surface area contributed by atoms with Crippen LogP contribution in [0.5, 0.6) is 0 Å². The molecule has 2 atom stereocenters. The van der Waals surface area contributed by atoms with Crippen molar-refractivity contribution in [2.24, 2.45) is 5.92 Å². The molecule has 0 aliphatic carbocycles. The third-order valence-corrected chi connectivity index (χ3v) is 5.21. The van der Waals surface area contributed by atoms with E-state index in [9.17, 15) is 9.59 Å². The number of benzene rings is 1. The minimum Gasteiger partial charge on any atom is -0.324 e. The van der Waals surface area contributed by atoms with Crippen LogP contribution in [-0.4, -0.2) is 28.6 Å². The van der Waals surface area contributed by atoms with Gasteiger partial charge in [-0.05, 0) is 30.5 Å². The van der Waals surface area contributed by atoms with Crippen LogP contribution in [0.1, 0.15) is 18.0 Å². The van der Waals surface area contributed by atoms with E-state index in [2.05, 4.69) is 5.32 Å². The maximum Gasteiger partial charge on any atom is 0.321 e. The zero-order valence-corrected chi connectivity index (χ0v) is 13.9. The maximum absolute atomic E-state index is 12.6. The Kier molecular flexibility index (Phi) is 3.81. The van der Waals surface area contributed by atoms with E-state index in [-0.39, 0.29) is 17.5 Å². The summed E-state index contributed by atoms with van der Waals surface area (Å²) in [6.07, 6.45) is 1.03. The number of anilines is 1. The summed E-state index contributed by atoms with van der Waals surface area (Å²) in [7, 11) is 0. The molecule has 1 aromatic carbocycles. The average Bonchev–Trinajstić information content (AvgIpc) is 2.58. The van der Waals surface area contributed by atoms with Gasteiger partial charge in [0.25, 0.3) is 5.56 Å². The second-order valence-corrected chi connectivity index (χ2v) is 6.92. The number of fused-ring (bicyclic) bond motifs is 4. The Labute approximate surface area is 144 Å². The topological polar surface area (TPSA) is 54.3 Å². The summed E-state index contributed by atoms with van der Waals surface area (Å²) < 4.78 is 1.86. The number of carbonyl (C=O) groups is 1. The van der Waals surface area contributed by atoms with Crippen molar-refractivity contribution in [3.8, 4) is 0 Å². The normalized spacial score (nSPS) is 22.0. The SMILES string of the molecule is O=C(Nc1ccccc1Cl)N1C[C@@H]2C[C@H](C1)c1cccc(=O)n1C2. The number of hydrogen-bond donors (Lipinski definition) is 1. The maximum atomic E-state index is 12.6. The van der Waals surface area contributed by atoms with E-state index in [1.807, 2.05) is 27.7 Å². The van der Waals surface area contributed by atoms with Crippen molar-refractivity contribution in [2.75, 3.05) is 18.4 Å². The van der Waals surface area contributed by atoms with Crippen molar-refractivity contribution in [1.82, 2.24) is 9.47 Å². The molecular formula is C18H18ClN3O2. The lowest BCUT2D eigenvalue weighted by Gasteiger charge is -2.42. The van der Waals surface area contributed by atoms with E-state index in [1.165, 1.54) is 0 Å². The van der Waals surface area contributed by atoms with Crippen molar-refractivity contribution in [1.29, 1.82) is 0 Å². The van der Waals surface area contributed by atoms with Crippen molar-refractivity contribution in [3.63, 3.8) is 0 Å². The van der Waals surface area contributed by atoms with Gasteiger partial charge in [-0.15, -0.1) is 0 Å². The molecule has 0 spiro atoms. The summed E-state index contributed by atoms with van der Waals surface area (Å²) >= 11 is 6.12. The minimum atomic E-state index is -0.135. The van der Waals surface area contributed by atoms with E-state index in [4.69, 9.17) is 11.6 Å². The van der Waals surface area contributed by atoms with Crippen LogP contribution < -0.4 is 10.9 Å².